The Labute approximate surface area is 176 Å². The number of rotatable bonds is 4. The van der Waals surface area contributed by atoms with E-state index < -0.39 is 0 Å². The van der Waals surface area contributed by atoms with Gasteiger partial charge in [-0.1, -0.05) is 0 Å². The van der Waals surface area contributed by atoms with E-state index in [-0.39, 0.29) is 0 Å². The van der Waals surface area contributed by atoms with Crippen LogP contribution in [0.3, 0.4) is 0 Å². The molecular formula is C21H29N9. The van der Waals surface area contributed by atoms with Crippen LogP contribution >= 0.6 is 0 Å². The molecule has 0 amide bonds. The van der Waals surface area contributed by atoms with Crippen molar-refractivity contribution in [3.8, 4) is 0 Å². The molecule has 0 bridgehead atoms. The summed E-state index contributed by atoms with van der Waals surface area (Å²) in [4.78, 5) is 16.0. The molecule has 2 aromatic heterocycles. The molecule has 2 aliphatic rings. The molecular weight excluding hydrogens is 378 g/mol. The van der Waals surface area contributed by atoms with Gasteiger partial charge in [-0.15, -0.1) is 0 Å². The molecule has 1 unspecified atom stereocenters. The molecule has 4 N–H and O–H groups in total. The van der Waals surface area contributed by atoms with Crippen LogP contribution in [0.2, 0.25) is 0 Å². The summed E-state index contributed by atoms with van der Waals surface area (Å²) in [5.74, 6) is 1.73. The Morgan fingerprint density at radius 3 is 2.70 bits per heavy atom. The molecule has 4 heterocycles. The van der Waals surface area contributed by atoms with Gasteiger partial charge < -0.3 is 25.8 Å². The van der Waals surface area contributed by atoms with E-state index in [1.807, 2.05) is 6.20 Å². The average molecular weight is 408 g/mol. The van der Waals surface area contributed by atoms with Gasteiger partial charge in [-0.05, 0) is 38.1 Å². The van der Waals surface area contributed by atoms with Crippen molar-refractivity contribution in [2.45, 2.75) is 18.9 Å². The molecule has 158 valence electrons. The van der Waals surface area contributed by atoms with E-state index in [0.717, 1.165) is 80.3 Å². The van der Waals surface area contributed by atoms with Crippen LogP contribution in [0.15, 0.2) is 30.7 Å². The fraction of sp³-hybridized carbons (Fsp3) is 0.476. The number of hydrogen-bond acceptors (Lipinski definition) is 8. The lowest BCUT2D eigenvalue weighted by atomic mass is 10.0. The Morgan fingerprint density at radius 1 is 1.07 bits per heavy atom. The van der Waals surface area contributed by atoms with Gasteiger partial charge >= 0.3 is 0 Å². The fourth-order valence-corrected chi connectivity index (χ4v) is 4.46. The van der Waals surface area contributed by atoms with Crippen LogP contribution in [-0.4, -0.2) is 77.4 Å². The van der Waals surface area contributed by atoms with Gasteiger partial charge in [0.1, 0.15) is 12.0 Å². The van der Waals surface area contributed by atoms with Crippen LogP contribution in [0, 0.1) is 0 Å². The third kappa shape index (κ3) is 3.72. The number of hydrogen-bond donors (Lipinski definition) is 3. The highest BCUT2D eigenvalue weighted by atomic mass is 15.3. The number of piperazine rings is 1. The fourth-order valence-electron chi connectivity index (χ4n) is 4.46. The molecule has 5 rings (SSSR count). The van der Waals surface area contributed by atoms with Crippen molar-refractivity contribution in [3.05, 3.63) is 30.7 Å². The zero-order valence-corrected chi connectivity index (χ0v) is 17.4. The van der Waals surface area contributed by atoms with Crippen LogP contribution in [0.5, 0.6) is 0 Å². The first-order valence-electron chi connectivity index (χ1n) is 10.7. The molecule has 3 aromatic rings. The molecule has 2 saturated heterocycles. The quantitative estimate of drug-likeness (QED) is 0.601. The maximum atomic E-state index is 6.58. The summed E-state index contributed by atoms with van der Waals surface area (Å²) in [5, 5.41) is 11.9. The zero-order chi connectivity index (χ0) is 20.5. The summed E-state index contributed by atoms with van der Waals surface area (Å²) in [6.45, 7) is 5.76. The number of aromatic amines is 1. The van der Waals surface area contributed by atoms with E-state index >= 15 is 0 Å². The normalized spacial score (nSPS) is 20.6. The minimum Gasteiger partial charge on any atom is -0.393 e. The van der Waals surface area contributed by atoms with Crippen molar-refractivity contribution in [1.29, 1.82) is 0 Å². The predicted molar refractivity (Wildman–Crippen MR) is 121 cm³/mol. The third-order valence-corrected chi connectivity index (χ3v) is 6.18. The van der Waals surface area contributed by atoms with E-state index in [4.69, 9.17) is 5.73 Å². The maximum absolute atomic E-state index is 6.58. The number of fused-ring (bicyclic) bond motifs is 1. The highest BCUT2D eigenvalue weighted by Gasteiger charge is 2.26. The molecule has 1 aromatic carbocycles. The molecule has 1 atom stereocenters. The lowest BCUT2D eigenvalue weighted by Gasteiger charge is -2.37. The summed E-state index contributed by atoms with van der Waals surface area (Å²) < 4.78 is 0. The van der Waals surface area contributed by atoms with E-state index in [1.54, 1.807) is 6.33 Å². The van der Waals surface area contributed by atoms with Crippen LogP contribution < -0.4 is 20.9 Å². The Balaban J connectivity index is 1.31. The summed E-state index contributed by atoms with van der Waals surface area (Å²) in [5.41, 5.74) is 9.44. The maximum Gasteiger partial charge on any atom is 0.157 e. The van der Waals surface area contributed by atoms with Crippen molar-refractivity contribution in [3.63, 3.8) is 0 Å². The van der Waals surface area contributed by atoms with Gasteiger partial charge in [0, 0.05) is 56.4 Å². The Bertz CT molecular complexity index is 1010. The summed E-state index contributed by atoms with van der Waals surface area (Å²) in [7, 11) is 2.15. The van der Waals surface area contributed by atoms with Gasteiger partial charge in [0.2, 0.25) is 0 Å². The van der Waals surface area contributed by atoms with Crippen LogP contribution in [-0.2, 0) is 0 Å². The minimum absolute atomic E-state index is 0.338. The molecule has 2 aliphatic heterocycles. The van der Waals surface area contributed by atoms with Crippen molar-refractivity contribution in [1.82, 2.24) is 25.1 Å². The number of piperidine rings is 1. The highest BCUT2D eigenvalue weighted by Crippen LogP contribution is 2.31. The zero-order valence-electron chi connectivity index (χ0n) is 17.4. The molecule has 9 heteroatoms. The average Bonchev–Trinajstić information content (AvgIpc) is 3.23. The monoisotopic (exact) mass is 407 g/mol. The Morgan fingerprint density at radius 2 is 1.87 bits per heavy atom. The number of nitrogens with one attached hydrogen (secondary N) is 2. The number of anilines is 4. The van der Waals surface area contributed by atoms with Crippen molar-refractivity contribution in [2.24, 2.45) is 0 Å². The molecule has 9 nitrogen and oxygen atoms in total. The van der Waals surface area contributed by atoms with E-state index in [0.29, 0.717) is 11.7 Å². The number of H-pyrrole nitrogens is 1. The first kappa shape index (κ1) is 18.9. The largest absolute Gasteiger partial charge is 0.393 e. The summed E-state index contributed by atoms with van der Waals surface area (Å²) in [6, 6.07) is 6.65. The molecule has 0 aliphatic carbocycles. The molecule has 2 fully saturated rings. The van der Waals surface area contributed by atoms with E-state index in [2.05, 4.69) is 65.4 Å². The highest BCUT2D eigenvalue weighted by molar-refractivity contribution is 5.82. The standard InChI is InChI=1S/C21H29N9/c1-28-7-9-29(10-8-28)20-19(22)21(24-14-23-20)30-6-2-3-17(13-30)26-16-4-5-18-15(11-16)12-25-27-18/h4-5,11-12,14,17,26H,2-3,6-10,13,22H2,1H3,(H,25,27). The van der Waals surface area contributed by atoms with Gasteiger partial charge in [0.25, 0.3) is 0 Å². The molecule has 0 saturated carbocycles. The second-order valence-corrected chi connectivity index (χ2v) is 8.33. The van der Waals surface area contributed by atoms with Crippen LogP contribution in [0.4, 0.5) is 23.0 Å². The molecule has 30 heavy (non-hydrogen) atoms. The molecule has 0 radical (unpaired) electrons. The lowest BCUT2D eigenvalue weighted by Crippen LogP contribution is -2.45. The lowest BCUT2D eigenvalue weighted by molar-refractivity contribution is 0.312. The summed E-state index contributed by atoms with van der Waals surface area (Å²) >= 11 is 0. The molecule has 0 spiro atoms. The third-order valence-electron chi connectivity index (χ3n) is 6.18. The minimum atomic E-state index is 0.338. The van der Waals surface area contributed by atoms with Crippen LogP contribution in [0.1, 0.15) is 12.8 Å². The van der Waals surface area contributed by atoms with Gasteiger partial charge in [0.15, 0.2) is 11.6 Å². The van der Waals surface area contributed by atoms with Gasteiger partial charge in [-0.25, -0.2) is 9.97 Å². The number of benzene rings is 1. The van der Waals surface area contributed by atoms with E-state index in [1.165, 1.54) is 0 Å². The predicted octanol–water partition coefficient (Wildman–Crippen LogP) is 1.77. The van der Waals surface area contributed by atoms with Crippen molar-refractivity contribution < 1.29 is 0 Å². The SMILES string of the molecule is CN1CCN(c2ncnc(N3CCCC(Nc4ccc5[nH]ncc5c4)C3)c2N)CC1. The number of aromatic nitrogens is 4. The van der Waals surface area contributed by atoms with Crippen molar-refractivity contribution >= 4 is 33.9 Å². The second-order valence-electron chi connectivity index (χ2n) is 8.33. The Hall–Kier alpha value is -3.07. The van der Waals surface area contributed by atoms with Crippen molar-refractivity contribution in [2.75, 3.05) is 67.2 Å². The first-order valence-corrected chi connectivity index (χ1v) is 10.7. The topological polar surface area (TPSA) is 102 Å². The first-order chi connectivity index (χ1) is 14.7. The number of likely N-dealkylation sites (N-methyl/N-ethyl adjacent to an activating group) is 1. The van der Waals surface area contributed by atoms with Gasteiger partial charge in [0.05, 0.1) is 11.7 Å². The number of nitrogens with zero attached hydrogens (tertiary/aromatic N) is 6. The van der Waals surface area contributed by atoms with Gasteiger partial charge in [-0.3, -0.25) is 5.10 Å². The number of nitrogen functional groups attached to an aromatic ring is 1. The smallest absolute Gasteiger partial charge is 0.157 e. The van der Waals surface area contributed by atoms with Crippen LogP contribution in [0.25, 0.3) is 10.9 Å². The summed E-state index contributed by atoms with van der Waals surface area (Å²) in [6.07, 6.45) is 5.73. The second kappa shape index (κ2) is 7.98. The van der Waals surface area contributed by atoms with Gasteiger partial charge in [-0.2, -0.15) is 5.10 Å². The van der Waals surface area contributed by atoms with E-state index in [9.17, 15) is 0 Å². The number of nitrogens with two attached hydrogens (primary N) is 1. The Kier molecular flexibility index (Phi) is 5.04.